The molecule has 0 amide bonds. The van der Waals surface area contributed by atoms with Gasteiger partial charge < -0.3 is 10.2 Å². The van der Waals surface area contributed by atoms with E-state index in [0.29, 0.717) is 0 Å². The van der Waals surface area contributed by atoms with E-state index in [1.165, 1.54) is 58.4 Å². The van der Waals surface area contributed by atoms with E-state index < -0.39 is 0 Å². The lowest BCUT2D eigenvalue weighted by atomic mass is 9.82. The molecule has 2 nitrogen and oxygen atoms in total. The van der Waals surface area contributed by atoms with Crippen LogP contribution in [0.1, 0.15) is 32.6 Å². The molecule has 86 valence electrons. The van der Waals surface area contributed by atoms with Gasteiger partial charge in [0.05, 0.1) is 0 Å². The number of piperidine rings is 1. The fraction of sp³-hybridized carbons (Fsp3) is 1.00. The number of likely N-dealkylation sites (tertiary alicyclic amines) is 1. The molecule has 3 fully saturated rings. The molecule has 0 radical (unpaired) electrons. The molecule has 1 saturated carbocycles. The highest BCUT2D eigenvalue weighted by Crippen LogP contribution is 2.54. The molecule has 2 saturated heterocycles. The molecular weight excluding hydrogens is 184 g/mol. The number of rotatable bonds is 3. The van der Waals surface area contributed by atoms with E-state index in [9.17, 15) is 0 Å². The van der Waals surface area contributed by atoms with Crippen LogP contribution in [0.15, 0.2) is 0 Å². The van der Waals surface area contributed by atoms with E-state index >= 15 is 0 Å². The van der Waals surface area contributed by atoms with Gasteiger partial charge in [-0.2, -0.15) is 0 Å². The zero-order valence-corrected chi connectivity index (χ0v) is 9.97. The van der Waals surface area contributed by atoms with Crippen LogP contribution in [0, 0.1) is 17.3 Å². The van der Waals surface area contributed by atoms with Crippen LogP contribution in [-0.4, -0.2) is 37.6 Å². The fourth-order valence-electron chi connectivity index (χ4n) is 3.26. The van der Waals surface area contributed by atoms with Crippen molar-refractivity contribution in [3.05, 3.63) is 0 Å². The lowest BCUT2D eigenvalue weighted by Crippen LogP contribution is -2.50. The maximum atomic E-state index is 3.37. The molecule has 0 unspecified atom stereocenters. The molecule has 0 spiro atoms. The minimum atomic E-state index is 0.768. The van der Waals surface area contributed by atoms with Crippen molar-refractivity contribution in [2.24, 2.45) is 17.3 Å². The van der Waals surface area contributed by atoms with E-state index in [2.05, 4.69) is 17.1 Å². The first-order chi connectivity index (χ1) is 7.26. The summed E-state index contributed by atoms with van der Waals surface area (Å²) < 4.78 is 0. The molecule has 1 aliphatic carbocycles. The van der Waals surface area contributed by atoms with Gasteiger partial charge in [-0.1, -0.05) is 6.92 Å². The fourth-order valence-corrected chi connectivity index (χ4v) is 3.26. The Bertz CT molecular complexity index is 223. The predicted octanol–water partition coefficient (Wildman–Crippen LogP) is 1.72. The maximum absolute atomic E-state index is 3.37. The van der Waals surface area contributed by atoms with Gasteiger partial charge in [-0.15, -0.1) is 0 Å². The second-order valence-corrected chi connectivity index (χ2v) is 6.25. The zero-order chi connectivity index (χ0) is 10.3. The topological polar surface area (TPSA) is 15.3 Å². The maximum Gasteiger partial charge on any atom is 0.00340 e. The molecule has 3 rings (SSSR count). The lowest BCUT2D eigenvalue weighted by Gasteiger charge is -2.39. The summed E-state index contributed by atoms with van der Waals surface area (Å²) >= 11 is 0. The molecule has 0 atom stereocenters. The summed E-state index contributed by atoms with van der Waals surface area (Å²) in [6.07, 6.45) is 5.95. The van der Waals surface area contributed by atoms with E-state index in [4.69, 9.17) is 0 Å². The van der Waals surface area contributed by atoms with Crippen LogP contribution in [0.4, 0.5) is 0 Å². The normalized spacial score (nSPS) is 32.6. The standard InChI is InChI=1S/C13H24N2/c1-13(4-5-13)12-2-6-15(7-3-12)10-11-8-14-9-11/h11-12,14H,2-10H2,1H3. The monoisotopic (exact) mass is 208 g/mol. The molecule has 0 bridgehead atoms. The summed E-state index contributed by atoms with van der Waals surface area (Å²) in [6.45, 7) is 9.13. The van der Waals surface area contributed by atoms with Gasteiger partial charge in [0, 0.05) is 19.6 Å². The molecular formula is C13H24N2. The van der Waals surface area contributed by atoms with E-state index in [-0.39, 0.29) is 0 Å². The molecule has 0 aromatic heterocycles. The van der Waals surface area contributed by atoms with Crippen LogP contribution in [0.2, 0.25) is 0 Å². The summed E-state index contributed by atoms with van der Waals surface area (Å²) in [7, 11) is 0. The zero-order valence-electron chi connectivity index (χ0n) is 9.97. The molecule has 2 aliphatic heterocycles. The number of nitrogens with one attached hydrogen (secondary N) is 1. The molecule has 2 heteroatoms. The van der Waals surface area contributed by atoms with Crippen LogP contribution >= 0.6 is 0 Å². The van der Waals surface area contributed by atoms with Crippen molar-refractivity contribution in [1.82, 2.24) is 10.2 Å². The minimum Gasteiger partial charge on any atom is -0.316 e. The third-order valence-electron chi connectivity index (χ3n) is 4.99. The van der Waals surface area contributed by atoms with Gasteiger partial charge in [0.1, 0.15) is 0 Å². The Balaban J connectivity index is 1.43. The van der Waals surface area contributed by atoms with Crippen LogP contribution in [-0.2, 0) is 0 Å². The predicted molar refractivity (Wildman–Crippen MR) is 62.9 cm³/mol. The van der Waals surface area contributed by atoms with Gasteiger partial charge in [-0.25, -0.2) is 0 Å². The van der Waals surface area contributed by atoms with E-state index in [0.717, 1.165) is 17.3 Å². The van der Waals surface area contributed by atoms with Crippen molar-refractivity contribution in [1.29, 1.82) is 0 Å². The Kier molecular flexibility index (Phi) is 2.52. The van der Waals surface area contributed by atoms with Crippen LogP contribution < -0.4 is 5.32 Å². The van der Waals surface area contributed by atoms with E-state index in [1.54, 1.807) is 0 Å². The van der Waals surface area contributed by atoms with Gasteiger partial charge >= 0.3 is 0 Å². The van der Waals surface area contributed by atoms with Crippen molar-refractivity contribution >= 4 is 0 Å². The van der Waals surface area contributed by atoms with Gasteiger partial charge in [-0.05, 0) is 56.0 Å². The largest absolute Gasteiger partial charge is 0.316 e. The minimum absolute atomic E-state index is 0.768. The molecule has 15 heavy (non-hydrogen) atoms. The Morgan fingerprint density at radius 2 is 1.87 bits per heavy atom. The van der Waals surface area contributed by atoms with E-state index in [1.807, 2.05) is 0 Å². The summed E-state index contributed by atoms with van der Waals surface area (Å²) in [5.74, 6) is 2.01. The van der Waals surface area contributed by atoms with Gasteiger partial charge in [0.2, 0.25) is 0 Å². The summed E-state index contributed by atoms with van der Waals surface area (Å²) in [4.78, 5) is 2.70. The van der Waals surface area contributed by atoms with Gasteiger partial charge in [-0.3, -0.25) is 0 Å². The quantitative estimate of drug-likeness (QED) is 0.759. The van der Waals surface area contributed by atoms with Crippen LogP contribution in [0.5, 0.6) is 0 Å². The Morgan fingerprint density at radius 1 is 1.20 bits per heavy atom. The van der Waals surface area contributed by atoms with Crippen LogP contribution in [0.25, 0.3) is 0 Å². The molecule has 0 aromatic rings. The highest BCUT2D eigenvalue weighted by atomic mass is 15.1. The number of hydrogen-bond acceptors (Lipinski definition) is 2. The van der Waals surface area contributed by atoms with Crippen molar-refractivity contribution in [2.75, 3.05) is 32.7 Å². The number of nitrogens with zero attached hydrogens (tertiary/aromatic N) is 1. The third-order valence-corrected chi connectivity index (χ3v) is 4.99. The first-order valence-electron chi connectivity index (χ1n) is 6.69. The second kappa shape index (κ2) is 3.74. The second-order valence-electron chi connectivity index (χ2n) is 6.25. The number of hydrogen-bond donors (Lipinski definition) is 1. The molecule has 3 aliphatic rings. The van der Waals surface area contributed by atoms with Crippen molar-refractivity contribution in [2.45, 2.75) is 32.6 Å². The molecule has 1 N–H and O–H groups in total. The van der Waals surface area contributed by atoms with Crippen molar-refractivity contribution < 1.29 is 0 Å². The Labute approximate surface area is 93.4 Å². The van der Waals surface area contributed by atoms with Crippen molar-refractivity contribution in [3.8, 4) is 0 Å². The Morgan fingerprint density at radius 3 is 2.33 bits per heavy atom. The SMILES string of the molecule is CC1(C2CCN(CC3CNC3)CC2)CC1. The average Bonchev–Trinajstić information content (AvgIpc) is 2.93. The van der Waals surface area contributed by atoms with Crippen molar-refractivity contribution in [3.63, 3.8) is 0 Å². The summed E-state index contributed by atoms with van der Waals surface area (Å²) in [6, 6.07) is 0. The highest BCUT2D eigenvalue weighted by molar-refractivity contribution is 4.96. The lowest BCUT2D eigenvalue weighted by molar-refractivity contribution is 0.115. The molecule has 0 aromatic carbocycles. The Hall–Kier alpha value is -0.0800. The molecule has 2 heterocycles. The van der Waals surface area contributed by atoms with Gasteiger partial charge in [0.25, 0.3) is 0 Å². The first-order valence-corrected chi connectivity index (χ1v) is 6.69. The first kappa shape index (κ1) is 10.1. The van der Waals surface area contributed by atoms with Crippen LogP contribution in [0.3, 0.4) is 0 Å². The average molecular weight is 208 g/mol. The highest BCUT2D eigenvalue weighted by Gasteiger charge is 2.45. The smallest absolute Gasteiger partial charge is 0.00340 e. The van der Waals surface area contributed by atoms with Gasteiger partial charge in [0.15, 0.2) is 0 Å². The summed E-state index contributed by atoms with van der Waals surface area (Å²) in [5, 5.41) is 3.37. The summed E-state index contributed by atoms with van der Waals surface area (Å²) in [5.41, 5.74) is 0.768. The third kappa shape index (κ3) is 2.07.